The maximum atomic E-state index is 13.7. The fraction of sp³-hybridized carbons (Fsp3) is 0.294. The van der Waals surface area contributed by atoms with Gasteiger partial charge in [0.05, 0.1) is 13.1 Å². The predicted octanol–water partition coefficient (Wildman–Crippen LogP) is 4.10. The number of aryl methyl sites for hydroxylation is 1. The summed E-state index contributed by atoms with van der Waals surface area (Å²) in [6.07, 6.45) is 0. The third kappa shape index (κ3) is 3.09. The Morgan fingerprint density at radius 1 is 1.24 bits per heavy atom. The normalized spacial score (nSPS) is 15.5. The molecule has 0 unspecified atom stereocenters. The van der Waals surface area contributed by atoms with Crippen LogP contribution in [0.3, 0.4) is 0 Å². The van der Waals surface area contributed by atoms with Crippen molar-refractivity contribution in [3.8, 4) is 17.7 Å². The summed E-state index contributed by atoms with van der Waals surface area (Å²) in [5.41, 5.74) is 0.530. The van der Waals surface area contributed by atoms with Gasteiger partial charge in [-0.1, -0.05) is 0 Å². The summed E-state index contributed by atoms with van der Waals surface area (Å²) in [7, 11) is 0. The van der Waals surface area contributed by atoms with Crippen molar-refractivity contribution in [3.05, 3.63) is 46.5 Å². The molecule has 25 heavy (non-hydrogen) atoms. The summed E-state index contributed by atoms with van der Waals surface area (Å²) in [4.78, 5) is 5.51. The number of benzene rings is 1. The van der Waals surface area contributed by atoms with Gasteiger partial charge in [0, 0.05) is 5.56 Å². The number of rotatable bonds is 3. The molecule has 1 aromatic carbocycles. The lowest BCUT2D eigenvalue weighted by atomic mass is 10.1. The van der Waals surface area contributed by atoms with Crippen LogP contribution in [0.25, 0.3) is 0 Å². The zero-order valence-corrected chi connectivity index (χ0v) is 13.4. The highest BCUT2D eigenvalue weighted by atomic mass is 19.3. The molecule has 1 aliphatic rings. The monoisotopic (exact) mass is 351 g/mol. The maximum Gasteiger partial charge on any atom is 0.282 e. The Hall–Kier alpha value is -2.82. The van der Waals surface area contributed by atoms with Crippen molar-refractivity contribution in [1.82, 2.24) is 4.98 Å². The van der Waals surface area contributed by atoms with Crippen LogP contribution in [-0.2, 0) is 0 Å². The molecule has 0 aliphatic carbocycles. The van der Waals surface area contributed by atoms with E-state index in [1.807, 2.05) is 6.07 Å². The minimum Gasteiger partial charge on any atom is -0.437 e. The van der Waals surface area contributed by atoms with Crippen LogP contribution in [0.4, 0.5) is 23.4 Å². The predicted molar refractivity (Wildman–Crippen MR) is 82.0 cm³/mol. The summed E-state index contributed by atoms with van der Waals surface area (Å²) in [5.74, 6) is -4.75. The smallest absolute Gasteiger partial charge is 0.282 e. The quantitative estimate of drug-likeness (QED) is 0.782. The first kappa shape index (κ1) is 17.0. The van der Waals surface area contributed by atoms with E-state index in [0.29, 0.717) is 5.56 Å². The minimum absolute atomic E-state index is 0.00774. The number of nitrogens with zero attached hydrogens (tertiary/aromatic N) is 3. The second-order valence-electron chi connectivity index (χ2n) is 5.89. The maximum absolute atomic E-state index is 13.7. The first-order valence-corrected chi connectivity index (χ1v) is 7.39. The standard InChI is InChI=1S/C17H13F4N3O/c1-9-5-11(6-22)16(23-15(9)24-7-17(20,21)8-24)25-13-4-3-12(18)14(19)10(13)2/h3-5H,7-8H2,1-2H3. The second-order valence-corrected chi connectivity index (χ2v) is 5.89. The SMILES string of the molecule is Cc1cc(C#N)c(Oc2ccc(F)c(F)c2C)nc1N1CC(F)(F)C1. The van der Waals surface area contributed by atoms with Gasteiger partial charge in [-0.2, -0.15) is 10.2 Å². The second kappa shape index (κ2) is 5.92. The molecule has 3 rings (SSSR count). The molecule has 2 aromatic rings. The molecule has 1 fully saturated rings. The molecule has 0 saturated carbocycles. The van der Waals surface area contributed by atoms with Gasteiger partial charge in [-0.15, -0.1) is 0 Å². The van der Waals surface area contributed by atoms with Crippen molar-refractivity contribution in [3.63, 3.8) is 0 Å². The van der Waals surface area contributed by atoms with E-state index >= 15 is 0 Å². The van der Waals surface area contributed by atoms with Gasteiger partial charge in [0.25, 0.3) is 5.92 Å². The minimum atomic E-state index is -2.78. The number of nitriles is 1. The molecule has 0 radical (unpaired) electrons. The average Bonchev–Trinajstić information content (AvgIpc) is 2.54. The number of anilines is 1. The number of hydrogen-bond acceptors (Lipinski definition) is 4. The Morgan fingerprint density at radius 2 is 1.92 bits per heavy atom. The van der Waals surface area contributed by atoms with Gasteiger partial charge in [0.2, 0.25) is 5.88 Å². The molecule has 0 spiro atoms. The van der Waals surface area contributed by atoms with E-state index in [0.717, 1.165) is 6.07 Å². The van der Waals surface area contributed by atoms with Crippen molar-refractivity contribution in [2.24, 2.45) is 0 Å². The molecule has 1 aliphatic heterocycles. The van der Waals surface area contributed by atoms with E-state index in [1.54, 1.807) is 6.92 Å². The third-order valence-electron chi connectivity index (χ3n) is 3.91. The van der Waals surface area contributed by atoms with Gasteiger partial charge in [-0.3, -0.25) is 0 Å². The fourth-order valence-corrected chi connectivity index (χ4v) is 2.58. The van der Waals surface area contributed by atoms with E-state index in [9.17, 15) is 22.8 Å². The lowest BCUT2D eigenvalue weighted by Crippen LogP contribution is -2.56. The van der Waals surface area contributed by atoms with Crippen LogP contribution in [0, 0.1) is 36.8 Å². The summed E-state index contributed by atoms with van der Waals surface area (Å²) in [5, 5.41) is 9.23. The Bertz CT molecular complexity index is 884. The lowest BCUT2D eigenvalue weighted by molar-refractivity contribution is -0.0268. The Balaban J connectivity index is 1.98. The van der Waals surface area contributed by atoms with E-state index in [1.165, 1.54) is 24.0 Å². The van der Waals surface area contributed by atoms with Gasteiger partial charge in [0.15, 0.2) is 11.6 Å². The highest BCUT2D eigenvalue weighted by Gasteiger charge is 2.45. The molecule has 8 heteroatoms. The first-order valence-electron chi connectivity index (χ1n) is 7.39. The highest BCUT2D eigenvalue weighted by Crippen LogP contribution is 2.36. The van der Waals surface area contributed by atoms with Crippen molar-refractivity contribution in [2.45, 2.75) is 19.8 Å². The molecule has 0 amide bonds. The molecule has 1 aromatic heterocycles. The molecule has 4 nitrogen and oxygen atoms in total. The largest absolute Gasteiger partial charge is 0.437 e. The Labute approximate surface area is 141 Å². The third-order valence-corrected chi connectivity index (χ3v) is 3.91. The fourth-order valence-electron chi connectivity index (χ4n) is 2.58. The summed E-state index contributed by atoms with van der Waals surface area (Å²) < 4.78 is 58.6. The summed E-state index contributed by atoms with van der Waals surface area (Å²) in [6, 6.07) is 5.47. The van der Waals surface area contributed by atoms with Crippen LogP contribution in [0.1, 0.15) is 16.7 Å². The van der Waals surface area contributed by atoms with Crippen LogP contribution in [0.5, 0.6) is 11.6 Å². The molecule has 2 heterocycles. The van der Waals surface area contributed by atoms with Gasteiger partial charge in [0.1, 0.15) is 23.2 Å². The highest BCUT2D eigenvalue weighted by molar-refractivity contribution is 5.56. The average molecular weight is 351 g/mol. The number of aromatic nitrogens is 1. The number of halogens is 4. The van der Waals surface area contributed by atoms with Crippen LogP contribution < -0.4 is 9.64 Å². The topological polar surface area (TPSA) is 49.1 Å². The Kier molecular flexibility index (Phi) is 4.03. The van der Waals surface area contributed by atoms with Gasteiger partial charge < -0.3 is 9.64 Å². The number of ether oxygens (including phenoxy) is 1. The van der Waals surface area contributed by atoms with Crippen molar-refractivity contribution < 1.29 is 22.3 Å². The van der Waals surface area contributed by atoms with Crippen molar-refractivity contribution >= 4 is 5.82 Å². The molecule has 130 valence electrons. The van der Waals surface area contributed by atoms with Crippen LogP contribution >= 0.6 is 0 Å². The molecule has 0 N–H and O–H groups in total. The number of hydrogen-bond donors (Lipinski definition) is 0. The van der Waals surface area contributed by atoms with Gasteiger partial charge >= 0.3 is 0 Å². The van der Waals surface area contributed by atoms with Crippen molar-refractivity contribution in [2.75, 3.05) is 18.0 Å². The molecule has 1 saturated heterocycles. The summed E-state index contributed by atoms with van der Waals surface area (Å²) >= 11 is 0. The lowest BCUT2D eigenvalue weighted by Gasteiger charge is -2.40. The van der Waals surface area contributed by atoms with E-state index in [-0.39, 0.29) is 28.6 Å². The van der Waals surface area contributed by atoms with E-state index in [2.05, 4.69) is 4.98 Å². The Morgan fingerprint density at radius 3 is 2.52 bits per heavy atom. The number of pyridine rings is 1. The van der Waals surface area contributed by atoms with Crippen molar-refractivity contribution in [1.29, 1.82) is 5.26 Å². The summed E-state index contributed by atoms with van der Waals surface area (Å²) in [6.45, 7) is 2.02. The molecule has 0 atom stereocenters. The zero-order chi connectivity index (χ0) is 18.4. The number of alkyl halides is 2. The van der Waals surface area contributed by atoms with E-state index < -0.39 is 30.6 Å². The first-order chi connectivity index (χ1) is 11.7. The van der Waals surface area contributed by atoms with Gasteiger partial charge in [-0.05, 0) is 37.6 Å². The van der Waals surface area contributed by atoms with Gasteiger partial charge in [-0.25, -0.2) is 17.6 Å². The molecular weight excluding hydrogens is 338 g/mol. The van der Waals surface area contributed by atoms with Crippen LogP contribution in [0.15, 0.2) is 18.2 Å². The van der Waals surface area contributed by atoms with Crippen LogP contribution in [0.2, 0.25) is 0 Å². The molecular formula is C17H13F4N3O. The van der Waals surface area contributed by atoms with Crippen LogP contribution in [-0.4, -0.2) is 24.0 Å². The van der Waals surface area contributed by atoms with E-state index in [4.69, 9.17) is 4.74 Å². The zero-order valence-electron chi connectivity index (χ0n) is 13.4. The molecule has 0 bridgehead atoms.